The minimum Gasteiger partial charge on any atom is -0.478 e. The summed E-state index contributed by atoms with van der Waals surface area (Å²) in [5.74, 6) is -0.909. The van der Waals surface area contributed by atoms with Gasteiger partial charge in [0.05, 0.1) is 5.56 Å². The molecule has 0 saturated heterocycles. The van der Waals surface area contributed by atoms with Gasteiger partial charge < -0.3 is 5.11 Å². The average Bonchev–Trinajstić information content (AvgIpc) is 2.61. The van der Waals surface area contributed by atoms with E-state index in [1.54, 1.807) is 12.1 Å². The van der Waals surface area contributed by atoms with E-state index < -0.39 is 5.97 Å². The normalized spacial score (nSPS) is 10.8. The zero-order valence-corrected chi connectivity index (χ0v) is 12.5. The lowest BCUT2D eigenvalue weighted by Gasteiger charge is -2.07. The number of aromatic carboxylic acids is 1. The van der Waals surface area contributed by atoms with Gasteiger partial charge in [0, 0.05) is 0 Å². The third-order valence-electron chi connectivity index (χ3n) is 3.66. The van der Waals surface area contributed by atoms with Crippen LogP contribution in [0.4, 0.5) is 0 Å². The van der Waals surface area contributed by atoms with Crippen LogP contribution in [0, 0.1) is 0 Å². The maximum absolute atomic E-state index is 11.0. The summed E-state index contributed by atoms with van der Waals surface area (Å²) in [5, 5.41) is 9.00. The molecule has 0 aliphatic carbocycles. The molecule has 0 aliphatic rings. The van der Waals surface area contributed by atoms with Gasteiger partial charge in [0.15, 0.2) is 0 Å². The van der Waals surface area contributed by atoms with Gasteiger partial charge in [0.2, 0.25) is 0 Å². The lowest BCUT2D eigenvalue weighted by molar-refractivity contribution is 0.0697. The summed E-state index contributed by atoms with van der Waals surface area (Å²) in [6.45, 7) is 0. The molecule has 112 valence electrons. The second-order valence-electron chi connectivity index (χ2n) is 5.21. The van der Waals surface area contributed by atoms with E-state index in [1.165, 1.54) is 0 Å². The third kappa shape index (κ3) is 3.55. The summed E-state index contributed by atoms with van der Waals surface area (Å²) in [5.41, 5.74) is 4.62. The van der Waals surface area contributed by atoms with Gasteiger partial charge in [0.25, 0.3) is 0 Å². The first-order valence-electron chi connectivity index (χ1n) is 7.40. The van der Waals surface area contributed by atoms with E-state index in [-0.39, 0.29) is 0 Å². The van der Waals surface area contributed by atoms with Crippen molar-refractivity contribution in [1.29, 1.82) is 0 Å². The van der Waals surface area contributed by atoms with Crippen LogP contribution in [-0.4, -0.2) is 11.1 Å². The molecule has 0 aliphatic heterocycles. The van der Waals surface area contributed by atoms with Gasteiger partial charge in [-0.3, -0.25) is 0 Å². The van der Waals surface area contributed by atoms with E-state index in [0.717, 1.165) is 22.3 Å². The molecular weight excluding hydrogens is 284 g/mol. The number of hydrogen-bond donors (Lipinski definition) is 1. The maximum Gasteiger partial charge on any atom is 0.335 e. The molecule has 1 N–H and O–H groups in total. The van der Waals surface area contributed by atoms with Gasteiger partial charge in [-0.15, -0.1) is 0 Å². The van der Waals surface area contributed by atoms with Gasteiger partial charge in [-0.05, 0) is 34.4 Å². The highest BCUT2D eigenvalue weighted by Gasteiger charge is 2.05. The van der Waals surface area contributed by atoms with Crippen LogP contribution in [0.3, 0.4) is 0 Å². The first-order valence-corrected chi connectivity index (χ1v) is 7.40. The Kier molecular flexibility index (Phi) is 4.34. The van der Waals surface area contributed by atoms with Crippen molar-refractivity contribution in [2.24, 2.45) is 0 Å². The summed E-state index contributed by atoms with van der Waals surface area (Å²) in [7, 11) is 0. The summed E-state index contributed by atoms with van der Waals surface area (Å²) in [4.78, 5) is 11.0. The molecule has 0 aromatic heterocycles. The standard InChI is InChI=1S/C21H16O2/c22-21(23)19-14-12-18(13-15-19)20-9-5-4-8-17(20)11-10-16-6-2-1-3-7-16/h1-15H,(H,22,23)/b11-10+. The SMILES string of the molecule is O=C(O)c1ccc(-c2ccccc2/C=C/c2ccccc2)cc1. The Labute approximate surface area is 135 Å². The van der Waals surface area contributed by atoms with Crippen molar-refractivity contribution in [3.63, 3.8) is 0 Å². The van der Waals surface area contributed by atoms with Gasteiger partial charge in [-0.25, -0.2) is 4.79 Å². The molecule has 23 heavy (non-hydrogen) atoms. The van der Waals surface area contributed by atoms with Crippen LogP contribution in [0.2, 0.25) is 0 Å². The number of carboxylic acids is 1. The van der Waals surface area contributed by atoms with Gasteiger partial charge >= 0.3 is 5.97 Å². The fraction of sp³-hybridized carbons (Fsp3) is 0. The quantitative estimate of drug-likeness (QED) is 0.670. The molecule has 2 heteroatoms. The monoisotopic (exact) mass is 300 g/mol. The Morgan fingerprint density at radius 3 is 2.09 bits per heavy atom. The molecule has 0 unspecified atom stereocenters. The zero-order chi connectivity index (χ0) is 16.1. The summed E-state index contributed by atoms with van der Waals surface area (Å²) < 4.78 is 0. The number of carboxylic acid groups (broad SMARTS) is 1. The number of carbonyl (C=O) groups is 1. The first kappa shape index (κ1) is 14.8. The molecule has 0 radical (unpaired) electrons. The van der Waals surface area contributed by atoms with E-state index in [4.69, 9.17) is 5.11 Å². The highest BCUT2D eigenvalue weighted by atomic mass is 16.4. The topological polar surface area (TPSA) is 37.3 Å². The molecule has 0 atom stereocenters. The van der Waals surface area contributed by atoms with Crippen LogP contribution in [0.5, 0.6) is 0 Å². The summed E-state index contributed by atoms with van der Waals surface area (Å²) in [6, 6.07) is 25.2. The van der Waals surface area contributed by atoms with E-state index in [9.17, 15) is 4.79 Å². The minimum absolute atomic E-state index is 0.297. The summed E-state index contributed by atoms with van der Waals surface area (Å²) in [6.07, 6.45) is 4.15. The second kappa shape index (κ2) is 6.75. The fourth-order valence-electron chi connectivity index (χ4n) is 2.45. The van der Waals surface area contributed by atoms with Crippen molar-refractivity contribution in [2.45, 2.75) is 0 Å². The van der Waals surface area contributed by atoms with Gasteiger partial charge in [-0.2, -0.15) is 0 Å². The Morgan fingerprint density at radius 1 is 0.739 bits per heavy atom. The zero-order valence-electron chi connectivity index (χ0n) is 12.5. The number of benzene rings is 3. The van der Waals surface area contributed by atoms with Crippen molar-refractivity contribution in [2.75, 3.05) is 0 Å². The highest BCUT2D eigenvalue weighted by molar-refractivity contribution is 5.89. The van der Waals surface area contributed by atoms with E-state index in [0.29, 0.717) is 5.56 Å². The lowest BCUT2D eigenvalue weighted by atomic mass is 9.98. The van der Waals surface area contributed by atoms with Crippen LogP contribution < -0.4 is 0 Å². The number of hydrogen-bond acceptors (Lipinski definition) is 1. The van der Waals surface area contributed by atoms with Crippen molar-refractivity contribution < 1.29 is 9.90 Å². The highest BCUT2D eigenvalue weighted by Crippen LogP contribution is 2.25. The molecule has 0 saturated carbocycles. The lowest BCUT2D eigenvalue weighted by Crippen LogP contribution is -1.95. The molecule has 3 aromatic rings. The third-order valence-corrected chi connectivity index (χ3v) is 3.66. The predicted octanol–water partition coefficient (Wildman–Crippen LogP) is 5.22. The average molecular weight is 300 g/mol. The molecule has 0 heterocycles. The van der Waals surface area contributed by atoms with Crippen LogP contribution >= 0.6 is 0 Å². The second-order valence-corrected chi connectivity index (χ2v) is 5.21. The first-order chi connectivity index (χ1) is 11.2. The van der Waals surface area contributed by atoms with Crippen molar-refractivity contribution >= 4 is 18.1 Å². The Morgan fingerprint density at radius 2 is 1.39 bits per heavy atom. The smallest absolute Gasteiger partial charge is 0.335 e. The van der Waals surface area contributed by atoms with Crippen molar-refractivity contribution in [3.05, 3.63) is 95.6 Å². The molecule has 0 fully saturated rings. The molecule has 3 aromatic carbocycles. The maximum atomic E-state index is 11.0. The van der Waals surface area contributed by atoms with Gasteiger partial charge in [-0.1, -0.05) is 78.9 Å². The Balaban J connectivity index is 1.94. The van der Waals surface area contributed by atoms with E-state index in [1.807, 2.05) is 48.5 Å². The van der Waals surface area contributed by atoms with Crippen molar-refractivity contribution in [3.8, 4) is 11.1 Å². The molecule has 3 rings (SSSR count). The summed E-state index contributed by atoms with van der Waals surface area (Å²) >= 11 is 0. The molecule has 2 nitrogen and oxygen atoms in total. The van der Waals surface area contributed by atoms with E-state index in [2.05, 4.69) is 30.4 Å². The van der Waals surface area contributed by atoms with Crippen molar-refractivity contribution in [1.82, 2.24) is 0 Å². The largest absolute Gasteiger partial charge is 0.478 e. The van der Waals surface area contributed by atoms with E-state index >= 15 is 0 Å². The van der Waals surface area contributed by atoms with Crippen LogP contribution in [-0.2, 0) is 0 Å². The van der Waals surface area contributed by atoms with Crippen LogP contribution in [0.25, 0.3) is 23.3 Å². The molecule has 0 spiro atoms. The minimum atomic E-state index is -0.909. The predicted molar refractivity (Wildman–Crippen MR) is 94.2 cm³/mol. The van der Waals surface area contributed by atoms with Crippen LogP contribution in [0.15, 0.2) is 78.9 Å². The number of rotatable bonds is 4. The molecular formula is C21H16O2. The van der Waals surface area contributed by atoms with Gasteiger partial charge in [0.1, 0.15) is 0 Å². The van der Waals surface area contributed by atoms with Crippen LogP contribution in [0.1, 0.15) is 21.5 Å². The molecule has 0 bridgehead atoms. The Bertz CT molecular complexity index is 831. The Hall–Kier alpha value is -3.13. The molecule has 0 amide bonds. The fourth-order valence-corrected chi connectivity index (χ4v) is 2.45.